The SMILES string of the molecule is Nc1cc(C2CCCNC2)cn2ncnc12. The molecule has 16 heavy (non-hydrogen) atoms. The van der Waals surface area contributed by atoms with E-state index in [0.29, 0.717) is 11.6 Å². The molecule has 1 aliphatic rings. The van der Waals surface area contributed by atoms with Crippen molar-refractivity contribution >= 4 is 11.3 Å². The highest BCUT2D eigenvalue weighted by atomic mass is 15.3. The van der Waals surface area contributed by atoms with Gasteiger partial charge < -0.3 is 11.1 Å². The quantitative estimate of drug-likeness (QED) is 0.740. The van der Waals surface area contributed by atoms with Crippen LogP contribution < -0.4 is 11.1 Å². The molecular formula is C11H15N5. The van der Waals surface area contributed by atoms with Crippen molar-refractivity contribution in [2.75, 3.05) is 18.8 Å². The Labute approximate surface area is 93.7 Å². The fraction of sp³-hybridized carbons (Fsp3) is 0.455. The largest absolute Gasteiger partial charge is 0.396 e. The van der Waals surface area contributed by atoms with E-state index in [-0.39, 0.29) is 0 Å². The van der Waals surface area contributed by atoms with Crippen LogP contribution in [-0.4, -0.2) is 27.7 Å². The summed E-state index contributed by atoms with van der Waals surface area (Å²) < 4.78 is 1.76. The zero-order valence-corrected chi connectivity index (χ0v) is 9.06. The van der Waals surface area contributed by atoms with Gasteiger partial charge in [0.15, 0.2) is 5.65 Å². The summed E-state index contributed by atoms with van der Waals surface area (Å²) in [5.41, 5.74) is 8.67. The van der Waals surface area contributed by atoms with Gasteiger partial charge >= 0.3 is 0 Å². The van der Waals surface area contributed by atoms with E-state index in [0.717, 1.165) is 18.7 Å². The molecule has 1 fully saturated rings. The van der Waals surface area contributed by atoms with E-state index in [1.807, 2.05) is 12.3 Å². The summed E-state index contributed by atoms with van der Waals surface area (Å²) >= 11 is 0. The molecular weight excluding hydrogens is 202 g/mol. The first kappa shape index (κ1) is 9.59. The Bertz CT molecular complexity index is 498. The van der Waals surface area contributed by atoms with Crippen LogP contribution in [-0.2, 0) is 0 Å². The monoisotopic (exact) mass is 217 g/mol. The normalized spacial score (nSPS) is 21.4. The molecule has 2 aromatic heterocycles. The molecule has 3 rings (SSSR count). The number of nitrogens with two attached hydrogens (primary N) is 1. The maximum atomic E-state index is 5.96. The maximum Gasteiger partial charge on any atom is 0.178 e. The van der Waals surface area contributed by atoms with Crippen molar-refractivity contribution in [1.29, 1.82) is 0 Å². The second-order valence-corrected chi connectivity index (χ2v) is 4.30. The summed E-state index contributed by atoms with van der Waals surface area (Å²) in [5.74, 6) is 0.546. The van der Waals surface area contributed by atoms with E-state index in [1.165, 1.54) is 24.7 Å². The van der Waals surface area contributed by atoms with Crippen molar-refractivity contribution in [3.63, 3.8) is 0 Å². The van der Waals surface area contributed by atoms with Crippen molar-refractivity contribution < 1.29 is 0 Å². The van der Waals surface area contributed by atoms with E-state index < -0.39 is 0 Å². The Kier molecular flexibility index (Phi) is 2.25. The van der Waals surface area contributed by atoms with Gasteiger partial charge in [-0.1, -0.05) is 0 Å². The molecule has 0 spiro atoms. The fourth-order valence-corrected chi connectivity index (χ4v) is 2.33. The summed E-state index contributed by atoms with van der Waals surface area (Å²) in [4.78, 5) is 4.12. The number of hydrogen-bond acceptors (Lipinski definition) is 4. The molecule has 0 radical (unpaired) electrons. The first-order chi connectivity index (χ1) is 7.84. The molecule has 5 heteroatoms. The van der Waals surface area contributed by atoms with Gasteiger partial charge in [0.05, 0.1) is 5.69 Å². The molecule has 3 N–H and O–H groups in total. The third-order valence-electron chi connectivity index (χ3n) is 3.19. The van der Waals surface area contributed by atoms with Crippen molar-refractivity contribution in [2.24, 2.45) is 0 Å². The molecule has 5 nitrogen and oxygen atoms in total. The molecule has 2 aromatic rings. The van der Waals surface area contributed by atoms with E-state index >= 15 is 0 Å². The van der Waals surface area contributed by atoms with Gasteiger partial charge in [-0.05, 0) is 36.9 Å². The van der Waals surface area contributed by atoms with Crippen LogP contribution in [0.1, 0.15) is 24.3 Å². The molecule has 0 aliphatic carbocycles. The van der Waals surface area contributed by atoms with Gasteiger partial charge in [0.1, 0.15) is 6.33 Å². The van der Waals surface area contributed by atoms with Crippen LogP contribution in [0.25, 0.3) is 5.65 Å². The van der Waals surface area contributed by atoms with E-state index in [9.17, 15) is 0 Å². The van der Waals surface area contributed by atoms with Crippen LogP contribution in [0.4, 0.5) is 5.69 Å². The lowest BCUT2D eigenvalue weighted by molar-refractivity contribution is 0.460. The minimum absolute atomic E-state index is 0.546. The van der Waals surface area contributed by atoms with Gasteiger partial charge in [-0.25, -0.2) is 9.50 Å². The number of aromatic nitrogens is 3. The van der Waals surface area contributed by atoms with Crippen LogP contribution >= 0.6 is 0 Å². The van der Waals surface area contributed by atoms with Crippen LogP contribution in [0.15, 0.2) is 18.6 Å². The van der Waals surface area contributed by atoms with E-state index in [1.54, 1.807) is 4.52 Å². The lowest BCUT2D eigenvalue weighted by Gasteiger charge is -2.23. The minimum Gasteiger partial charge on any atom is -0.396 e. The van der Waals surface area contributed by atoms with Crippen molar-refractivity contribution in [3.8, 4) is 0 Å². The Morgan fingerprint density at radius 3 is 3.25 bits per heavy atom. The number of nitrogen functional groups attached to an aromatic ring is 1. The molecule has 0 saturated carbocycles. The minimum atomic E-state index is 0.546. The summed E-state index contributed by atoms with van der Waals surface area (Å²) in [6.45, 7) is 2.15. The van der Waals surface area contributed by atoms with Gasteiger partial charge in [-0.15, -0.1) is 0 Å². The molecule has 1 saturated heterocycles. The van der Waals surface area contributed by atoms with Crippen LogP contribution in [0.5, 0.6) is 0 Å². The molecule has 84 valence electrons. The molecule has 1 atom stereocenters. The van der Waals surface area contributed by atoms with Crippen LogP contribution in [0, 0.1) is 0 Å². The first-order valence-corrected chi connectivity index (χ1v) is 5.64. The lowest BCUT2D eigenvalue weighted by atomic mass is 9.93. The van der Waals surface area contributed by atoms with E-state index in [4.69, 9.17) is 5.73 Å². The number of piperidine rings is 1. The smallest absolute Gasteiger partial charge is 0.178 e. The Hall–Kier alpha value is -1.62. The summed E-state index contributed by atoms with van der Waals surface area (Å²) in [7, 11) is 0. The number of hydrogen-bond donors (Lipinski definition) is 2. The number of anilines is 1. The molecule has 0 bridgehead atoms. The Balaban J connectivity index is 2.02. The summed E-state index contributed by atoms with van der Waals surface area (Å²) in [6, 6.07) is 2.03. The van der Waals surface area contributed by atoms with Gasteiger partial charge in [0, 0.05) is 12.7 Å². The molecule has 1 unspecified atom stereocenters. The van der Waals surface area contributed by atoms with Crippen molar-refractivity contribution in [1.82, 2.24) is 19.9 Å². The van der Waals surface area contributed by atoms with Crippen molar-refractivity contribution in [2.45, 2.75) is 18.8 Å². The number of rotatable bonds is 1. The highest BCUT2D eigenvalue weighted by Crippen LogP contribution is 2.25. The second kappa shape index (κ2) is 3.75. The third kappa shape index (κ3) is 1.53. The number of pyridine rings is 1. The average Bonchev–Trinajstić information content (AvgIpc) is 2.79. The van der Waals surface area contributed by atoms with Gasteiger partial charge in [0.25, 0.3) is 0 Å². The zero-order chi connectivity index (χ0) is 11.0. The second-order valence-electron chi connectivity index (χ2n) is 4.30. The summed E-state index contributed by atoms with van der Waals surface area (Å²) in [5, 5.41) is 7.55. The molecule has 3 heterocycles. The first-order valence-electron chi connectivity index (χ1n) is 5.64. The number of nitrogens with one attached hydrogen (secondary N) is 1. The standard InChI is InChI=1S/C11H15N5/c12-10-4-9(8-2-1-3-13-5-8)6-16-11(10)14-7-15-16/h4,6-8,13H,1-3,5,12H2. The van der Waals surface area contributed by atoms with Gasteiger partial charge in [0.2, 0.25) is 0 Å². The topological polar surface area (TPSA) is 68.2 Å². The Morgan fingerprint density at radius 1 is 1.50 bits per heavy atom. The highest BCUT2D eigenvalue weighted by molar-refractivity contribution is 5.64. The zero-order valence-electron chi connectivity index (χ0n) is 9.06. The predicted octanol–water partition coefficient (Wildman–Crippen LogP) is 0.778. The van der Waals surface area contributed by atoms with Gasteiger partial charge in [-0.2, -0.15) is 5.10 Å². The lowest BCUT2D eigenvalue weighted by Crippen LogP contribution is -2.28. The number of fused-ring (bicyclic) bond motifs is 1. The van der Waals surface area contributed by atoms with Crippen LogP contribution in [0.2, 0.25) is 0 Å². The van der Waals surface area contributed by atoms with E-state index in [2.05, 4.69) is 15.4 Å². The maximum absolute atomic E-state index is 5.96. The van der Waals surface area contributed by atoms with Gasteiger partial charge in [-0.3, -0.25) is 0 Å². The molecule has 0 amide bonds. The highest BCUT2D eigenvalue weighted by Gasteiger charge is 2.16. The average molecular weight is 217 g/mol. The number of nitrogens with zero attached hydrogens (tertiary/aromatic N) is 3. The van der Waals surface area contributed by atoms with Crippen molar-refractivity contribution in [3.05, 3.63) is 24.2 Å². The Morgan fingerprint density at radius 2 is 2.44 bits per heavy atom. The fourth-order valence-electron chi connectivity index (χ4n) is 2.33. The molecule has 0 aromatic carbocycles. The third-order valence-corrected chi connectivity index (χ3v) is 3.19. The molecule has 1 aliphatic heterocycles. The predicted molar refractivity (Wildman–Crippen MR) is 62.2 cm³/mol. The summed E-state index contributed by atoms with van der Waals surface area (Å²) in [6.07, 6.45) is 6.01. The van der Waals surface area contributed by atoms with Crippen LogP contribution in [0.3, 0.4) is 0 Å².